The predicted octanol–water partition coefficient (Wildman–Crippen LogP) is 2.54. The van der Waals surface area contributed by atoms with Crippen molar-refractivity contribution in [1.82, 2.24) is 10.2 Å². The lowest BCUT2D eigenvalue weighted by Crippen LogP contribution is -2.40. The first-order valence-corrected chi connectivity index (χ1v) is 7.42. The number of rotatable bonds is 3. The lowest BCUT2D eigenvalue weighted by molar-refractivity contribution is 0.308. The van der Waals surface area contributed by atoms with Crippen LogP contribution < -0.4 is 5.32 Å². The topological polar surface area (TPSA) is 15.3 Å². The molecular formula is C14H26N2. The van der Waals surface area contributed by atoms with Gasteiger partial charge in [-0.05, 0) is 32.1 Å². The summed E-state index contributed by atoms with van der Waals surface area (Å²) >= 11 is 0. The van der Waals surface area contributed by atoms with Crippen molar-refractivity contribution >= 4 is 0 Å². The minimum absolute atomic E-state index is 0.809. The van der Waals surface area contributed by atoms with Gasteiger partial charge in [0.25, 0.3) is 0 Å². The Morgan fingerprint density at radius 2 is 1.50 bits per heavy atom. The van der Waals surface area contributed by atoms with Crippen LogP contribution >= 0.6 is 0 Å². The molecule has 0 aromatic rings. The summed E-state index contributed by atoms with van der Waals surface area (Å²) in [6.07, 6.45) is 13.0. The van der Waals surface area contributed by atoms with E-state index < -0.39 is 0 Å². The van der Waals surface area contributed by atoms with Crippen LogP contribution in [0.2, 0.25) is 0 Å². The Bertz CT molecular complexity index is 217. The van der Waals surface area contributed by atoms with Gasteiger partial charge in [0, 0.05) is 31.2 Å². The second-order valence-corrected chi connectivity index (χ2v) is 6.07. The van der Waals surface area contributed by atoms with Crippen LogP contribution in [0.1, 0.15) is 57.8 Å². The van der Waals surface area contributed by atoms with Crippen molar-refractivity contribution in [2.75, 3.05) is 13.1 Å². The van der Waals surface area contributed by atoms with Gasteiger partial charge < -0.3 is 5.32 Å². The molecule has 1 N–H and O–H groups in total. The first kappa shape index (κ1) is 11.0. The van der Waals surface area contributed by atoms with E-state index in [0.717, 1.165) is 18.1 Å². The van der Waals surface area contributed by atoms with Crippen LogP contribution in [0.5, 0.6) is 0 Å². The minimum Gasteiger partial charge on any atom is -0.310 e. The highest BCUT2D eigenvalue weighted by molar-refractivity contribution is 4.92. The van der Waals surface area contributed by atoms with E-state index >= 15 is 0 Å². The van der Waals surface area contributed by atoms with Crippen LogP contribution in [0.25, 0.3) is 0 Å². The Labute approximate surface area is 99.8 Å². The third-order valence-electron chi connectivity index (χ3n) is 4.61. The van der Waals surface area contributed by atoms with E-state index in [4.69, 9.17) is 0 Å². The van der Waals surface area contributed by atoms with Gasteiger partial charge in [0.1, 0.15) is 0 Å². The fourth-order valence-corrected chi connectivity index (χ4v) is 3.47. The molecule has 1 atom stereocenters. The predicted molar refractivity (Wildman–Crippen MR) is 67.6 cm³/mol. The van der Waals surface area contributed by atoms with E-state index in [2.05, 4.69) is 10.2 Å². The number of nitrogens with zero attached hydrogens (tertiary/aromatic N) is 1. The Morgan fingerprint density at radius 1 is 0.750 bits per heavy atom. The summed E-state index contributed by atoms with van der Waals surface area (Å²) in [4.78, 5) is 2.72. The van der Waals surface area contributed by atoms with Gasteiger partial charge in [-0.25, -0.2) is 0 Å². The molecule has 0 spiro atoms. The molecule has 16 heavy (non-hydrogen) atoms. The molecule has 3 rings (SSSR count). The molecule has 0 aromatic heterocycles. The highest BCUT2D eigenvalue weighted by Gasteiger charge is 2.34. The summed E-state index contributed by atoms with van der Waals surface area (Å²) in [5, 5.41) is 3.93. The van der Waals surface area contributed by atoms with Crippen LogP contribution in [-0.4, -0.2) is 36.1 Å². The molecule has 2 heteroatoms. The highest BCUT2D eigenvalue weighted by atomic mass is 15.2. The summed E-state index contributed by atoms with van der Waals surface area (Å²) in [5.74, 6) is 0. The fraction of sp³-hybridized carbons (Fsp3) is 1.00. The Kier molecular flexibility index (Phi) is 3.49. The molecule has 92 valence electrons. The highest BCUT2D eigenvalue weighted by Crippen LogP contribution is 2.30. The molecule has 0 aromatic carbocycles. The molecule has 0 amide bonds. The normalized spacial score (nSPS) is 34.1. The monoisotopic (exact) mass is 222 g/mol. The summed E-state index contributed by atoms with van der Waals surface area (Å²) in [7, 11) is 0. The van der Waals surface area contributed by atoms with Crippen molar-refractivity contribution < 1.29 is 0 Å². The molecule has 1 unspecified atom stereocenters. The first-order chi connectivity index (χ1) is 7.92. The van der Waals surface area contributed by atoms with E-state index in [0.29, 0.717) is 0 Å². The zero-order valence-corrected chi connectivity index (χ0v) is 10.5. The first-order valence-electron chi connectivity index (χ1n) is 7.42. The molecule has 1 saturated heterocycles. The fourth-order valence-electron chi connectivity index (χ4n) is 3.47. The van der Waals surface area contributed by atoms with Crippen LogP contribution in [0.15, 0.2) is 0 Å². The third-order valence-corrected chi connectivity index (χ3v) is 4.61. The van der Waals surface area contributed by atoms with Gasteiger partial charge in [0.05, 0.1) is 0 Å². The van der Waals surface area contributed by atoms with Crippen molar-refractivity contribution in [2.24, 2.45) is 0 Å². The molecular weight excluding hydrogens is 196 g/mol. The Morgan fingerprint density at radius 3 is 2.19 bits per heavy atom. The molecule has 0 radical (unpaired) electrons. The summed E-state index contributed by atoms with van der Waals surface area (Å²) in [6.45, 7) is 2.69. The van der Waals surface area contributed by atoms with Crippen LogP contribution in [0, 0.1) is 0 Å². The van der Waals surface area contributed by atoms with E-state index in [1.807, 2.05) is 0 Å². The molecule has 2 aliphatic carbocycles. The van der Waals surface area contributed by atoms with Gasteiger partial charge in [-0.1, -0.05) is 25.7 Å². The summed E-state index contributed by atoms with van der Waals surface area (Å²) in [6, 6.07) is 2.62. The van der Waals surface area contributed by atoms with Gasteiger partial charge in [0.15, 0.2) is 0 Å². The average Bonchev–Trinajstić information content (AvgIpc) is 3.07. The molecule has 2 saturated carbocycles. The molecule has 2 nitrogen and oxygen atoms in total. The number of likely N-dealkylation sites (tertiary alicyclic amines) is 1. The van der Waals surface area contributed by atoms with E-state index in [9.17, 15) is 0 Å². The number of hydrogen-bond acceptors (Lipinski definition) is 2. The maximum absolute atomic E-state index is 3.93. The zero-order chi connectivity index (χ0) is 10.8. The van der Waals surface area contributed by atoms with Crippen molar-refractivity contribution in [1.29, 1.82) is 0 Å². The standard InChI is InChI=1S/C14H26N2/c1-2-4-6-12(5-3-1)15-13-9-10-16(11-13)14-7-8-14/h12-15H,1-11H2. The van der Waals surface area contributed by atoms with Crippen LogP contribution in [0.3, 0.4) is 0 Å². The van der Waals surface area contributed by atoms with E-state index in [-0.39, 0.29) is 0 Å². The maximum Gasteiger partial charge on any atom is 0.0209 e. The van der Waals surface area contributed by atoms with E-state index in [1.54, 1.807) is 0 Å². The van der Waals surface area contributed by atoms with Crippen molar-refractivity contribution in [3.05, 3.63) is 0 Å². The van der Waals surface area contributed by atoms with Crippen LogP contribution in [-0.2, 0) is 0 Å². The van der Waals surface area contributed by atoms with Crippen molar-refractivity contribution in [3.8, 4) is 0 Å². The van der Waals surface area contributed by atoms with Crippen molar-refractivity contribution in [3.63, 3.8) is 0 Å². The van der Waals surface area contributed by atoms with E-state index in [1.165, 1.54) is 70.9 Å². The molecule has 1 heterocycles. The van der Waals surface area contributed by atoms with Gasteiger partial charge in [-0.2, -0.15) is 0 Å². The van der Waals surface area contributed by atoms with Gasteiger partial charge in [-0.15, -0.1) is 0 Å². The zero-order valence-electron chi connectivity index (χ0n) is 10.5. The quantitative estimate of drug-likeness (QED) is 0.738. The molecule has 3 aliphatic rings. The van der Waals surface area contributed by atoms with Gasteiger partial charge in [-0.3, -0.25) is 4.90 Å². The second kappa shape index (κ2) is 5.05. The molecule has 3 fully saturated rings. The largest absolute Gasteiger partial charge is 0.310 e. The summed E-state index contributed by atoms with van der Waals surface area (Å²) < 4.78 is 0. The van der Waals surface area contributed by atoms with Crippen molar-refractivity contribution in [2.45, 2.75) is 75.9 Å². The maximum atomic E-state index is 3.93. The Balaban J connectivity index is 1.43. The second-order valence-electron chi connectivity index (χ2n) is 6.07. The Hall–Kier alpha value is -0.0800. The summed E-state index contributed by atoms with van der Waals surface area (Å²) in [5.41, 5.74) is 0. The van der Waals surface area contributed by atoms with Gasteiger partial charge >= 0.3 is 0 Å². The molecule has 1 aliphatic heterocycles. The number of nitrogens with one attached hydrogen (secondary N) is 1. The van der Waals surface area contributed by atoms with Gasteiger partial charge in [0.2, 0.25) is 0 Å². The lowest BCUT2D eigenvalue weighted by atomic mass is 10.1. The number of hydrogen-bond donors (Lipinski definition) is 1. The molecule has 0 bridgehead atoms. The SMILES string of the molecule is C1CCCC(NC2CCN(C3CC3)C2)CC1. The lowest BCUT2D eigenvalue weighted by Gasteiger charge is -2.22. The smallest absolute Gasteiger partial charge is 0.0209 e. The third kappa shape index (κ3) is 2.78. The average molecular weight is 222 g/mol. The van der Waals surface area contributed by atoms with Crippen LogP contribution in [0.4, 0.5) is 0 Å². The minimum atomic E-state index is 0.809.